The van der Waals surface area contributed by atoms with Crippen LogP contribution in [0.3, 0.4) is 0 Å². The van der Waals surface area contributed by atoms with Gasteiger partial charge in [0.15, 0.2) is 5.96 Å². The van der Waals surface area contributed by atoms with Gasteiger partial charge in [-0.15, -0.1) is 0 Å². The van der Waals surface area contributed by atoms with Crippen LogP contribution in [0.1, 0.15) is 6.92 Å². The third kappa shape index (κ3) is 5.56. The van der Waals surface area contributed by atoms with E-state index >= 15 is 0 Å². The van der Waals surface area contributed by atoms with Crippen LogP contribution in [0.2, 0.25) is 5.02 Å². The average molecular weight is 373 g/mol. The van der Waals surface area contributed by atoms with Crippen molar-refractivity contribution < 1.29 is 8.42 Å². The van der Waals surface area contributed by atoms with Crippen molar-refractivity contribution in [1.82, 2.24) is 10.2 Å². The van der Waals surface area contributed by atoms with Crippen molar-refractivity contribution in [3.8, 4) is 0 Å². The molecule has 0 atom stereocenters. The molecule has 1 heterocycles. The summed E-state index contributed by atoms with van der Waals surface area (Å²) in [7, 11) is -2.99. The Labute approximate surface area is 149 Å². The first-order valence-electron chi connectivity index (χ1n) is 8.11. The Hall–Kier alpha value is -1.47. The molecule has 1 aromatic carbocycles. The maximum atomic E-state index is 11.3. The number of nitrogens with zero attached hydrogens (tertiary/aromatic N) is 3. The second-order valence-corrected chi connectivity index (χ2v) is 8.46. The number of rotatable bonds is 5. The maximum absolute atomic E-state index is 11.3. The van der Waals surface area contributed by atoms with Crippen molar-refractivity contribution in [2.45, 2.75) is 6.92 Å². The number of piperazine rings is 1. The molecule has 0 unspecified atom stereocenters. The highest BCUT2D eigenvalue weighted by Gasteiger charge is 2.21. The minimum absolute atomic E-state index is 0.0709. The number of hydrogen-bond donors (Lipinski definition) is 1. The number of guanidine groups is 1. The zero-order chi connectivity index (χ0) is 17.6. The highest BCUT2D eigenvalue weighted by atomic mass is 35.5. The molecule has 1 aliphatic heterocycles. The van der Waals surface area contributed by atoms with Gasteiger partial charge in [0.25, 0.3) is 0 Å². The van der Waals surface area contributed by atoms with Gasteiger partial charge in [-0.1, -0.05) is 23.7 Å². The van der Waals surface area contributed by atoms with Crippen LogP contribution in [0.25, 0.3) is 0 Å². The average Bonchev–Trinajstić information content (AvgIpc) is 2.54. The molecule has 8 heteroatoms. The lowest BCUT2D eigenvalue weighted by Gasteiger charge is -2.38. The fourth-order valence-corrected chi connectivity index (χ4v) is 3.29. The van der Waals surface area contributed by atoms with E-state index < -0.39 is 9.84 Å². The molecule has 0 amide bonds. The third-order valence-corrected chi connectivity index (χ3v) is 5.07. The number of para-hydroxylation sites is 1. The SMILES string of the molecule is CCNC(=NCCS(C)(=O)=O)N1CCN(c2ccccc2Cl)CC1. The summed E-state index contributed by atoms with van der Waals surface area (Å²) in [5, 5.41) is 4.00. The first-order valence-corrected chi connectivity index (χ1v) is 10.5. The Morgan fingerprint density at radius 2 is 1.92 bits per heavy atom. The Bertz CT molecular complexity index is 670. The lowest BCUT2D eigenvalue weighted by molar-refractivity contribution is 0.373. The molecule has 2 rings (SSSR count). The van der Waals surface area contributed by atoms with Crippen molar-refractivity contribution in [3.05, 3.63) is 29.3 Å². The molecular weight excluding hydrogens is 348 g/mol. The maximum Gasteiger partial charge on any atom is 0.194 e. The summed E-state index contributed by atoms with van der Waals surface area (Å²) in [5.74, 6) is 0.849. The quantitative estimate of drug-likeness (QED) is 0.626. The molecule has 1 aromatic rings. The number of anilines is 1. The largest absolute Gasteiger partial charge is 0.367 e. The van der Waals surface area contributed by atoms with E-state index in [4.69, 9.17) is 11.6 Å². The standard InChI is InChI=1S/C16H25ClN4O2S/c1-3-18-16(19-8-13-24(2,22)23)21-11-9-20(10-12-21)15-7-5-4-6-14(15)17/h4-7H,3,8-13H2,1-2H3,(H,18,19). The molecule has 1 saturated heterocycles. The van der Waals surface area contributed by atoms with Crippen molar-refractivity contribution in [3.63, 3.8) is 0 Å². The summed E-state index contributed by atoms with van der Waals surface area (Å²) < 4.78 is 22.5. The van der Waals surface area contributed by atoms with Crippen LogP contribution in [0.4, 0.5) is 5.69 Å². The van der Waals surface area contributed by atoms with Gasteiger partial charge in [-0.05, 0) is 19.1 Å². The number of halogens is 1. The molecule has 0 radical (unpaired) electrons. The lowest BCUT2D eigenvalue weighted by atomic mass is 10.2. The van der Waals surface area contributed by atoms with Crippen LogP contribution < -0.4 is 10.2 Å². The van der Waals surface area contributed by atoms with Crippen LogP contribution in [0.5, 0.6) is 0 Å². The van der Waals surface area contributed by atoms with Gasteiger partial charge in [0, 0.05) is 39.0 Å². The topological polar surface area (TPSA) is 65.0 Å². The van der Waals surface area contributed by atoms with Gasteiger partial charge in [-0.3, -0.25) is 4.99 Å². The summed E-state index contributed by atoms with van der Waals surface area (Å²) in [6.07, 6.45) is 1.23. The predicted octanol–water partition coefficient (Wildman–Crippen LogP) is 1.47. The molecule has 1 aliphatic rings. The Morgan fingerprint density at radius 1 is 1.25 bits per heavy atom. The lowest BCUT2D eigenvalue weighted by Crippen LogP contribution is -2.52. The molecule has 0 aliphatic carbocycles. The smallest absolute Gasteiger partial charge is 0.194 e. The molecule has 0 spiro atoms. The van der Waals surface area contributed by atoms with E-state index in [1.54, 1.807) is 0 Å². The van der Waals surface area contributed by atoms with Crippen molar-refractivity contribution in [2.75, 3.05) is 56.2 Å². The van der Waals surface area contributed by atoms with Crippen LogP contribution >= 0.6 is 11.6 Å². The number of sulfone groups is 1. The number of aliphatic imine (C=N–C) groups is 1. The van der Waals surface area contributed by atoms with Gasteiger partial charge in [-0.25, -0.2) is 8.42 Å². The molecule has 1 N–H and O–H groups in total. The fourth-order valence-electron chi connectivity index (χ4n) is 2.61. The summed E-state index contributed by atoms with van der Waals surface area (Å²) in [6.45, 7) is 6.37. The van der Waals surface area contributed by atoms with Gasteiger partial charge in [0.1, 0.15) is 9.84 Å². The Balaban J connectivity index is 1.97. The first-order chi connectivity index (χ1) is 11.4. The summed E-state index contributed by atoms with van der Waals surface area (Å²) in [4.78, 5) is 8.87. The molecule has 134 valence electrons. The monoisotopic (exact) mass is 372 g/mol. The highest BCUT2D eigenvalue weighted by Crippen LogP contribution is 2.25. The highest BCUT2D eigenvalue weighted by molar-refractivity contribution is 7.90. The molecule has 0 bridgehead atoms. The van der Waals surface area contributed by atoms with Crippen molar-refractivity contribution in [2.24, 2.45) is 4.99 Å². The van der Waals surface area contributed by atoms with E-state index in [-0.39, 0.29) is 12.3 Å². The first kappa shape index (κ1) is 18.9. The predicted molar refractivity (Wildman–Crippen MR) is 101 cm³/mol. The molecule has 0 saturated carbocycles. The van der Waals surface area contributed by atoms with Gasteiger partial charge in [-0.2, -0.15) is 0 Å². The van der Waals surface area contributed by atoms with E-state index in [1.807, 2.05) is 31.2 Å². The number of nitrogens with one attached hydrogen (secondary N) is 1. The Kier molecular flexibility index (Phi) is 6.74. The van der Waals surface area contributed by atoms with E-state index in [0.29, 0.717) is 0 Å². The fraction of sp³-hybridized carbons (Fsp3) is 0.562. The van der Waals surface area contributed by atoms with Gasteiger partial charge >= 0.3 is 0 Å². The van der Waals surface area contributed by atoms with E-state index in [1.165, 1.54) is 6.26 Å². The third-order valence-electron chi connectivity index (χ3n) is 3.83. The second-order valence-electron chi connectivity index (χ2n) is 5.79. The zero-order valence-electron chi connectivity index (χ0n) is 14.2. The van der Waals surface area contributed by atoms with Crippen LogP contribution in [0.15, 0.2) is 29.3 Å². The normalized spacial score (nSPS) is 16.4. The van der Waals surface area contributed by atoms with E-state index in [2.05, 4.69) is 20.1 Å². The second kappa shape index (κ2) is 8.58. The minimum Gasteiger partial charge on any atom is -0.367 e. The van der Waals surface area contributed by atoms with E-state index in [9.17, 15) is 8.42 Å². The molecule has 24 heavy (non-hydrogen) atoms. The van der Waals surface area contributed by atoms with Gasteiger partial charge in [0.05, 0.1) is 23.0 Å². The molecular formula is C16H25ClN4O2S. The number of hydrogen-bond acceptors (Lipinski definition) is 4. The van der Waals surface area contributed by atoms with Gasteiger partial charge in [0.2, 0.25) is 0 Å². The van der Waals surface area contributed by atoms with Crippen LogP contribution in [-0.2, 0) is 9.84 Å². The number of benzene rings is 1. The minimum atomic E-state index is -2.99. The molecule has 1 fully saturated rings. The van der Waals surface area contributed by atoms with Crippen molar-refractivity contribution in [1.29, 1.82) is 0 Å². The molecule has 6 nitrogen and oxygen atoms in total. The summed E-state index contributed by atoms with van der Waals surface area (Å²) in [5.41, 5.74) is 1.05. The summed E-state index contributed by atoms with van der Waals surface area (Å²) >= 11 is 6.27. The van der Waals surface area contributed by atoms with Crippen LogP contribution in [0, 0.1) is 0 Å². The van der Waals surface area contributed by atoms with Crippen molar-refractivity contribution >= 4 is 33.1 Å². The van der Waals surface area contributed by atoms with Gasteiger partial charge < -0.3 is 15.1 Å². The summed E-state index contributed by atoms with van der Waals surface area (Å²) in [6, 6.07) is 7.85. The van der Waals surface area contributed by atoms with Crippen LogP contribution in [-0.4, -0.2) is 70.6 Å². The van der Waals surface area contributed by atoms with E-state index in [0.717, 1.165) is 49.4 Å². The Morgan fingerprint density at radius 3 is 2.50 bits per heavy atom. The molecule has 0 aromatic heterocycles. The zero-order valence-corrected chi connectivity index (χ0v) is 15.8.